The third-order valence-electron chi connectivity index (χ3n) is 2.59. The molecular formula is C12H16F3NS. The van der Waals surface area contributed by atoms with Crippen molar-refractivity contribution in [1.29, 1.82) is 0 Å². The van der Waals surface area contributed by atoms with Crippen molar-refractivity contribution < 1.29 is 13.2 Å². The zero-order valence-electron chi connectivity index (χ0n) is 9.63. The van der Waals surface area contributed by atoms with Gasteiger partial charge in [-0.3, -0.25) is 0 Å². The van der Waals surface area contributed by atoms with Crippen LogP contribution in [0.15, 0.2) is 29.2 Å². The van der Waals surface area contributed by atoms with Gasteiger partial charge in [0.25, 0.3) is 0 Å². The average molecular weight is 263 g/mol. The van der Waals surface area contributed by atoms with Gasteiger partial charge < -0.3 is 5.73 Å². The van der Waals surface area contributed by atoms with Crippen LogP contribution in [0.4, 0.5) is 13.2 Å². The highest BCUT2D eigenvalue weighted by Crippen LogP contribution is 2.38. The number of rotatable bonds is 5. The Morgan fingerprint density at radius 1 is 1.35 bits per heavy atom. The molecule has 1 rings (SSSR count). The molecule has 0 saturated heterocycles. The second kappa shape index (κ2) is 6.31. The zero-order chi connectivity index (χ0) is 12.9. The van der Waals surface area contributed by atoms with Crippen LogP contribution in [0.25, 0.3) is 0 Å². The average Bonchev–Trinajstić information content (AvgIpc) is 2.28. The van der Waals surface area contributed by atoms with E-state index in [1.165, 1.54) is 17.8 Å². The number of thioether (sulfide) groups is 1. The number of hydrogen-bond donors (Lipinski definition) is 1. The Kier molecular flexibility index (Phi) is 5.33. The van der Waals surface area contributed by atoms with Gasteiger partial charge in [-0.25, -0.2) is 0 Å². The highest BCUT2D eigenvalue weighted by atomic mass is 32.2. The first-order valence-electron chi connectivity index (χ1n) is 5.39. The lowest BCUT2D eigenvalue weighted by molar-refractivity contribution is -0.152. The molecule has 2 N–H and O–H groups in total. The summed E-state index contributed by atoms with van der Waals surface area (Å²) in [5.41, 5.74) is 5.61. The van der Waals surface area contributed by atoms with Gasteiger partial charge in [0.2, 0.25) is 0 Å². The van der Waals surface area contributed by atoms with Gasteiger partial charge in [-0.05, 0) is 43.3 Å². The van der Waals surface area contributed by atoms with E-state index < -0.39 is 12.1 Å². The van der Waals surface area contributed by atoms with Crippen LogP contribution in [0, 0.1) is 0 Å². The van der Waals surface area contributed by atoms with Crippen LogP contribution in [-0.4, -0.2) is 19.0 Å². The highest BCUT2D eigenvalue weighted by molar-refractivity contribution is 7.98. The van der Waals surface area contributed by atoms with E-state index in [4.69, 9.17) is 5.73 Å². The Labute approximate surface area is 104 Å². The number of benzene rings is 1. The van der Waals surface area contributed by atoms with Crippen LogP contribution in [-0.2, 0) is 0 Å². The molecule has 0 bridgehead atoms. The molecule has 0 radical (unpaired) electrons. The Morgan fingerprint density at radius 2 is 2.06 bits per heavy atom. The van der Waals surface area contributed by atoms with E-state index in [1.807, 2.05) is 12.3 Å². The van der Waals surface area contributed by atoms with Crippen molar-refractivity contribution >= 4 is 11.8 Å². The van der Waals surface area contributed by atoms with E-state index in [1.54, 1.807) is 12.1 Å². The predicted molar refractivity (Wildman–Crippen MR) is 65.3 cm³/mol. The molecule has 0 aliphatic heterocycles. The van der Waals surface area contributed by atoms with Gasteiger partial charge in [0.15, 0.2) is 0 Å². The summed E-state index contributed by atoms with van der Waals surface area (Å²) in [7, 11) is 0. The second-order valence-electron chi connectivity index (χ2n) is 3.80. The molecule has 1 atom stereocenters. The second-order valence-corrected chi connectivity index (χ2v) is 4.68. The van der Waals surface area contributed by atoms with Crippen molar-refractivity contribution in [3.05, 3.63) is 29.8 Å². The number of hydrogen-bond acceptors (Lipinski definition) is 2. The predicted octanol–water partition coefficient (Wildman–Crippen LogP) is 3.79. The smallest absolute Gasteiger partial charge is 0.330 e. The molecule has 17 heavy (non-hydrogen) atoms. The molecular weight excluding hydrogens is 247 g/mol. The monoisotopic (exact) mass is 263 g/mol. The van der Waals surface area contributed by atoms with E-state index in [-0.39, 0.29) is 13.0 Å². The summed E-state index contributed by atoms with van der Waals surface area (Å²) in [4.78, 5) is 0.851. The van der Waals surface area contributed by atoms with Crippen molar-refractivity contribution in [3.8, 4) is 0 Å². The van der Waals surface area contributed by atoms with E-state index >= 15 is 0 Å². The molecule has 0 amide bonds. The van der Waals surface area contributed by atoms with Gasteiger partial charge in [0.05, 0.1) is 5.92 Å². The molecule has 0 heterocycles. The topological polar surface area (TPSA) is 26.0 Å². The molecule has 0 spiro atoms. The minimum absolute atomic E-state index is 0.0534. The quantitative estimate of drug-likeness (QED) is 0.818. The third-order valence-corrected chi connectivity index (χ3v) is 3.31. The fourth-order valence-electron chi connectivity index (χ4n) is 1.70. The zero-order valence-corrected chi connectivity index (χ0v) is 10.4. The lowest BCUT2D eigenvalue weighted by Gasteiger charge is -2.20. The molecule has 96 valence electrons. The Bertz CT molecular complexity index is 352. The van der Waals surface area contributed by atoms with Gasteiger partial charge >= 0.3 is 6.18 Å². The minimum Gasteiger partial charge on any atom is -0.330 e. The summed E-state index contributed by atoms with van der Waals surface area (Å²) in [6.45, 7) is 0.287. The van der Waals surface area contributed by atoms with Crippen molar-refractivity contribution in [3.63, 3.8) is 0 Å². The maximum Gasteiger partial charge on any atom is 0.395 e. The lowest BCUT2D eigenvalue weighted by Crippen LogP contribution is -2.21. The maximum atomic E-state index is 12.9. The molecule has 1 unspecified atom stereocenters. The molecule has 1 aromatic rings. The summed E-state index contributed by atoms with van der Waals surface area (Å²) in [6.07, 6.45) is -1.92. The van der Waals surface area contributed by atoms with Crippen LogP contribution < -0.4 is 5.73 Å². The summed E-state index contributed by atoms with van der Waals surface area (Å²) < 4.78 is 38.8. The first-order valence-corrected chi connectivity index (χ1v) is 6.62. The molecule has 0 saturated carbocycles. The van der Waals surface area contributed by atoms with Gasteiger partial charge in [0.1, 0.15) is 0 Å². The van der Waals surface area contributed by atoms with Crippen LogP contribution in [0.5, 0.6) is 0 Å². The Hall–Kier alpha value is -0.680. The first-order chi connectivity index (χ1) is 7.99. The van der Waals surface area contributed by atoms with Crippen molar-refractivity contribution in [2.75, 3.05) is 12.8 Å². The third kappa shape index (κ3) is 4.24. The fourth-order valence-corrected chi connectivity index (χ4v) is 2.17. The molecule has 5 heteroatoms. The van der Waals surface area contributed by atoms with E-state index in [9.17, 15) is 13.2 Å². The molecule has 0 aromatic heterocycles. The Balaban J connectivity index is 2.95. The lowest BCUT2D eigenvalue weighted by atomic mass is 9.94. The molecule has 1 aromatic carbocycles. The summed E-state index contributed by atoms with van der Waals surface area (Å²) in [6, 6.07) is 6.63. The fraction of sp³-hybridized carbons (Fsp3) is 0.500. The van der Waals surface area contributed by atoms with Crippen molar-refractivity contribution in [2.45, 2.75) is 29.8 Å². The van der Waals surface area contributed by atoms with Crippen LogP contribution >= 0.6 is 11.8 Å². The normalized spacial score (nSPS) is 13.7. The van der Waals surface area contributed by atoms with Crippen molar-refractivity contribution in [1.82, 2.24) is 0 Å². The van der Waals surface area contributed by atoms with Crippen LogP contribution in [0.3, 0.4) is 0 Å². The Morgan fingerprint density at radius 3 is 2.59 bits per heavy atom. The SMILES string of the molecule is CSc1cccc(C(CCCN)C(F)(F)F)c1. The summed E-state index contributed by atoms with van der Waals surface area (Å²) >= 11 is 1.44. The van der Waals surface area contributed by atoms with Gasteiger partial charge in [-0.2, -0.15) is 13.2 Å². The van der Waals surface area contributed by atoms with Crippen LogP contribution in [0.1, 0.15) is 24.3 Å². The molecule has 1 nitrogen and oxygen atoms in total. The van der Waals surface area contributed by atoms with Crippen molar-refractivity contribution in [2.24, 2.45) is 5.73 Å². The van der Waals surface area contributed by atoms with E-state index in [0.29, 0.717) is 12.0 Å². The molecule has 0 aliphatic carbocycles. The van der Waals surface area contributed by atoms with E-state index in [0.717, 1.165) is 4.90 Å². The standard InChI is InChI=1S/C12H16F3NS/c1-17-10-5-2-4-9(8-10)11(6-3-7-16)12(13,14)15/h2,4-5,8,11H,3,6-7,16H2,1H3. The van der Waals surface area contributed by atoms with Gasteiger partial charge in [0, 0.05) is 4.90 Å². The number of nitrogens with two attached hydrogens (primary N) is 1. The maximum absolute atomic E-state index is 12.9. The number of halogens is 3. The van der Waals surface area contributed by atoms with Crippen LogP contribution in [0.2, 0.25) is 0 Å². The highest BCUT2D eigenvalue weighted by Gasteiger charge is 2.39. The number of alkyl halides is 3. The van der Waals surface area contributed by atoms with Gasteiger partial charge in [-0.15, -0.1) is 11.8 Å². The van der Waals surface area contributed by atoms with Gasteiger partial charge in [-0.1, -0.05) is 12.1 Å². The summed E-state index contributed by atoms with van der Waals surface area (Å²) in [5.74, 6) is -1.40. The summed E-state index contributed by atoms with van der Waals surface area (Å²) in [5, 5.41) is 0. The van der Waals surface area contributed by atoms with E-state index in [2.05, 4.69) is 0 Å². The minimum atomic E-state index is -4.20. The molecule has 0 aliphatic rings. The first kappa shape index (κ1) is 14.4. The largest absolute Gasteiger partial charge is 0.395 e. The molecule has 0 fully saturated rings.